The molecule has 0 radical (unpaired) electrons. The molecule has 0 aliphatic rings. The van der Waals surface area contributed by atoms with Gasteiger partial charge in [0, 0.05) is 19.4 Å². The Hall–Kier alpha value is -2.48. The van der Waals surface area contributed by atoms with E-state index in [0.29, 0.717) is 36.0 Å². The van der Waals surface area contributed by atoms with E-state index < -0.39 is 0 Å². The summed E-state index contributed by atoms with van der Waals surface area (Å²) in [6.45, 7) is 4.38. The average Bonchev–Trinajstić information content (AvgIpc) is 2.61. The second-order valence-electron chi connectivity index (χ2n) is 6.94. The predicted molar refractivity (Wildman–Crippen MR) is 108 cm³/mol. The van der Waals surface area contributed by atoms with E-state index in [1.54, 1.807) is 10.6 Å². The highest BCUT2D eigenvalue weighted by Gasteiger charge is 2.07. The number of unbranched alkanes of at least 4 members (excludes halogenated alkanes) is 2. The number of hydrogen-bond donors (Lipinski definition) is 3. The summed E-state index contributed by atoms with van der Waals surface area (Å²) in [4.78, 5) is 38.8. The monoisotopic (exact) mass is 390 g/mol. The number of aromatic nitrogens is 2. The number of H-pyrrole nitrogens is 1. The zero-order valence-corrected chi connectivity index (χ0v) is 16.5. The Morgan fingerprint density at radius 1 is 1.11 bits per heavy atom. The van der Waals surface area contributed by atoms with Crippen molar-refractivity contribution < 1.29 is 9.59 Å². The maximum absolute atomic E-state index is 12.5. The molecule has 7 nitrogen and oxygen atoms in total. The third-order valence-corrected chi connectivity index (χ3v) is 4.43. The third kappa shape index (κ3) is 6.32. The van der Waals surface area contributed by atoms with Crippen molar-refractivity contribution in [3.8, 4) is 0 Å². The van der Waals surface area contributed by atoms with Crippen LogP contribution >= 0.6 is 12.2 Å². The molecule has 0 atom stereocenters. The molecule has 146 valence electrons. The first-order valence-electron chi connectivity index (χ1n) is 9.18. The number of rotatable bonds is 8. The fourth-order valence-corrected chi connectivity index (χ4v) is 3.04. The number of aromatic amines is 1. The van der Waals surface area contributed by atoms with E-state index in [9.17, 15) is 14.4 Å². The van der Waals surface area contributed by atoms with E-state index in [0.717, 1.165) is 18.4 Å². The number of carbonyl (C=O) groups excluding carboxylic acids is 2. The lowest BCUT2D eigenvalue weighted by molar-refractivity contribution is -0.129. The van der Waals surface area contributed by atoms with Crippen LogP contribution in [0.1, 0.15) is 46.0 Å². The first-order chi connectivity index (χ1) is 12.9. The number of nitrogens with zero attached hydrogens (tertiary/aromatic N) is 1. The maximum Gasteiger partial charge on any atom is 0.262 e. The van der Waals surface area contributed by atoms with Crippen molar-refractivity contribution in [1.29, 1.82) is 0 Å². The summed E-state index contributed by atoms with van der Waals surface area (Å²) in [6, 6.07) is 7.28. The summed E-state index contributed by atoms with van der Waals surface area (Å²) in [5, 5.41) is 0.614. The summed E-state index contributed by atoms with van der Waals surface area (Å²) >= 11 is 5.28. The van der Waals surface area contributed by atoms with Crippen molar-refractivity contribution in [3.05, 3.63) is 39.4 Å². The van der Waals surface area contributed by atoms with Gasteiger partial charge < -0.3 is 4.98 Å². The van der Waals surface area contributed by atoms with Crippen LogP contribution in [-0.2, 0) is 16.1 Å². The molecule has 8 heteroatoms. The highest BCUT2D eigenvalue weighted by molar-refractivity contribution is 7.71. The van der Waals surface area contributed by atoms with Gasteiger partial charge in [0.05, 0.1) is 10.9 Å². The molecule has 2 aromatic rings. The SMILES string of the molecule is CC(C)CC(=O)NNC(=O)CCCCCn1c(=S)[nH]c2ccccc2c1=O. The Balaban J connectivity index is 1.75. The molecule has 0 saturated carbocycles. The Morgan fingerprint density at radius 3 is 2.56 bits per heavy atom. The van der Waals surface area contributed by atoms with Gasteiger partial charge in [-0.05, 0) is 43.1 Å². The van der Waals surface area contributed by atoms with Crippen molar-refractivity contribution in [2.24, 2.45) is 5.92 Å². The molecule has 27 heavy (non-hydrogen) atoms. The van der Waals surface area contributed by atoms with Gasteiger partial charge in [-0.25, -0.2) is 0 Å². The highest BCUT2D eigenvalue weighted by atomic mass is 32.1. The van der Waals surface area contributed by atoms with E-state index in [2.05, 4.69) is 15.8 Å². The van der Waals surface area contributed by atoms with E-state index >= 15 is 0 Å². The molecule has 2 amide bonds. The Labute approximate surface area is 163 Å². The lowest BCUT2D eigenvalue weighted by atomic mass is 10.1. The number of carbonyl (C=O) groups is 2. The van der Waals surface area contributed by atoms with Gasteiger partial charge in [0.25, 0.3) is 5.56 Å². The molecule has 0 aliphatic heterocycles. The van der Waals surface area contributed by atoms with Crippen molar-refractivity contribution in [3.63, 3.8) is 0 Å². The fraction of sp³-hybridized carbons (Fsp3) is 0.474. The Bertz CT molecular complexity index is 917. The highest BCUT2D eigenvalue weighted by Crippen LogP contribution is 2.07. The second kappa shape index (κ2) is 10.0. The zero-order valence-electron chi connectivity index (χ0n) is 15.7. The van der Waals surface area contributed by atoms with E-state index in [4.69, 9.17) is 12.2 Å². The summed E-state index contributed by atoms with van der Waals surface area (Å²) in [5.74, 6) is -0.164. The van der Waals surface area contributed by atoms with Gasteiger partial charge in [-0.2, -0.15) is 0 Å². The molecule has 1 aromatic carbocycles. The first kappa shape index (κ1) is 20.8. The third-order valence-electron chi connectivity index (χ3n) is 4.11. The summed E-state index contributed by atoms with van der Waals surface area (Å²) in [5.41, 5.74) is 5.47. The normalized spacial score (nSPS) is 10.9. The van der Waals surface area contributed by atoms with Gasteiger partial charge in [0.15, 0.2) is 4.77 Å². The van der Waals surface area contributed by atoms with Crippen molar-refractivity contribution in [2.75, 3.05) is 0 Å². The lowest BCUT2D eigenvalue weighted by Crippen LogP contribution is -2.41. The topological polar surface area (TPSA) is 96.0 Å². The van der Waals surface area contributed by atoms with Crippen LogP contribution in [0.5, 0.6) is 0 Å². The van der Waals surface area contributed by atoms with Crippen LogP contribution < -0.4 is 16.4 Å². The van der Waals surface area contributed by atoms with Gasteiger partial charge >= 0.3 is 0 Å². The number of amides is 2. The van der Waals surface area contributed by atoms with E-state index in [1.165, 1.54) is 0 Å². The molecule has 3 N–H and O–H groups in total. The molecule has 1 aromatic heterocycles. The molecule has 1 heterocycles. The first-order valence-corrected chi connectivity index (χ1v) is 9.59. The number of hydrazine groups is 1. The summed E-state index contributed by atoms with van der Waals surface area (Å²) in [6.07, 6.45) is 2.89. The minimum absolute atomic E-state index is 0.0973. The van der Waals surface area contributed by atoms with E-state index in [1.807, 2.05) is 32.0 Å². The van der Waals surface area contributed by atoms with Gasteiger partial charge in [0.1, 0.15) is 0 Å². The van der Waals surface area contributed by atoms with E-state index in [-0.39, 0.29) is 23.3 Å². The molecule has 0 aliphatic carbocycles. The molecule has 0 bridgehead atoms. The quantitative estimate of drug-likeness (QED) is 0.367. The van der Waals surface area contributed by atoms with Gasteiger partial charge in [0.2, 0.25) is 11.8 Å². The van der Waals surface area contributed by atoms with Crippen molar-refractivity contribution in [2.45, 2.75) is 52.5 Å². The number of benzene rings is 1. The maximum atomic E-state index is 12.5. The van der Waals surface area contributed by atoms with Gasteiger partial charge in [-0.3, -0.25) is 29.8 Å². The Kier molecular flexibility index (Phi) is 7.72. The number of para-hydroxylation sites is 1. The predicted octanol–water partition coefficient (Wildman–Crippen LogP) is 2.81. The van der Waals surface area contributed by atoms with Gasteiger partial charge in [-0.1, -0.05) is 32.4 Å². The fourth-order valence-electron chi connectivity index (χ4n) is 2.76. The zero-order chi connectivity index (χ0) is 19.8. The van der Waals surface area contributed by atoms with Crippen molar-refractivity contribution in [1.82, 2.24) is 20.4 Å². The minimum Gasteiger partial charge on any atom is -0.332 e. The van der Waals surface area contributed by atoms with Crippen LogP contribution in [0.4, 0.5) is 0 Å². The molecule has 0 saturated heterocycles. The summed E-state index contributed by atoms with van der Waals surface area (Å²) in [7, 11) is 0. The summed E-state index contributed by atoms with van der Waals surface area (Å²) < 4.78 is 1.97. The smallest absolute Gasteiger partial charge is 0.262 e. The number of nitrogens with one attached hydrogen (secondary N) is 3. The lowest BCUT2D eigenvalue weighted by Gasteiger charge is -2.09. The molecular weight excluding hydrogens is 364 g/mol. The van der Waals surface area contributed by atoms with Crippen LogP contribution in [0.3, 0.4) is 0 Å². The molecule has 0 unspecified atom stereocenters. The molecular formula is C19H26N4O3S. The minimum atomic E-state index is -0.215. The number of hydrogen-bond acceptors (Lipinski definition) is 4. The Morgan fingerprint density at radius 2 is 1.81 bits per heavy atom. The van der Waals surface area contributed by atoms with Crippen LogP contribution in [-0.4, -0.2) is 21.4 Å². The van der Waals surface area contributed by atoms with Crippen molar-refractivity contribution >= 4 is 34.9 Å². The second-order valence-corrected chi connectivity index (χ2v) is 7.32. The van der Waals surface area contributed by atoms with Crippen LogP contribution in [0.15, 0.2) is 29.1 Å². The van der Waals surface area contributed by atoms with Crippen LogP contribution in [0.25, 0.3) is 10.9 Å². The van der Waals surface area contributed by atoms with Gasteiger partial charge in [-0.15, -0.1) is 0 Å². The number of fused-ring (bicyclic) bond motifs is 1. The molecule has 0 spiro atoms. The largest absolute Gasteiger partial charge is 0.332 e. The van der Waals surface area contributed by atoms with Crippen LogP contribution in [0, 0.1) is 10.7 Å². The van der Waals surface area contributed by atoms with Crippen LogP contribution in [0.2, 0.25) is 0 Å². The molecule has 0 fully saturated rings. The average molecular weight is 391 g/mol. The standard InChI is InChI=1S/C19H26N4O3S/c1-13(2)12-17(25)22-21-16(24)10-4-3-7-11-23-18(26)14-8-5-6-9-15(14)20-19(23)27/h5-6,8-9,13H,3-4,7,10-12H2,1-2H3,(H,20,27)(H,21,24)(H,22,25). The molecule has 2 rings (SSSR count).